The van der Waals surface area contributed by atoms with Gasteiger partial charge in [0.15, 0.2) is 11.6 Å². The number of nitrogens with zero attached hydrogens (tertiary/aromatic N) is 3. The number of rotatable bonds is 4. The molecule has 96 valence electrons. The number of halogens is 1. The fourth-order valence-electron chi connectivity index (χ4n) is 1.74. The van der Waals surface area contributed by atoms with Crippen LogP contribution in [0.15, 0.2) is 24.5 Å². The molecular weight excluding hydrogens is 235 g/mol. The molecule has 0 aliphatic carbocycles. The second kappa shape index (κ2) is 5.14. The van der Waals surface area contributed by atoms with E-state index in [4.69, 9.17) is 0 Å². The first-order valence-corrected chi connectivity index (χ1v) is 5.63. The summed E-state index contributed by atoms with van der Waals surface area (Å²) in [5, 5.41) is 20.5. The first-order chi connectivity index (χ1) is 8.59. The summed E-state index contributed by atoms with van der Waals surface area (Å²) in [5.74, 6) is -0.137. The van der Waals surface area contributed by atoms with Gasteiger partial charge >= 0.3 is 0 Å². The predicted molar refractivity (Wildman–Crippen MR) is 64.3 cm³/mol. The van der Waals surface area contributed by atoms with Gasteiger partial charge < -0.3 is 15.0 Å². The van der Waals surface area contributed by atoms with Crippen LogP contribution in [0.25, 0.3) is 0 Å². The Labute approximate surface area is 104 Å². The van der Waals surface area contributed by atoms with Crippen molar-refractivity contribution in [3.63, 3.8) is 0 Å². The Morgan fingerprint density at radius 2 is 2.28 bits per heavy atom. The summed E-state index contributed by atoms with van der Waals surface area (Å²) in [6, 6.07) is 4.43. The summed E-state index contributed by atoms with van der Waals surface area (Å²) in [5.41, 5.74) is 0.518. The third-order valence-corrected chi connectivity index (χ3v) is 2.80. The maximum atomic E-state index is 13.1. The van der Waals surface area contributed by atoms with Gasteiger partial charge in [-0.25, -0.2) is 4.39 Å². The van der Waals surface area contributed by atoms with Crippen molar-refractivity contribution in [3.8, 4) is 5.75 Å². The minimum Gasteiger partial charge on any atom is -0.505 e. The molecule has 5 nitrogen and oxygen atoms in total. The molecule has 0 aliphatic rings. The fourth-order valence-corrected chi connectivity index (χ4v) is 1.74. The number of benzene rings is 1. The lowest BCUT2D eigenvalue weighted by molar-refractivity contribution is 0.419. The maximum Gasteiger partial charge on any atom is 0.165 e. The molecule has 1 aromatic heterocycles. The van der Waals surface area contributed by atoms with Gasteiger partial charge in [-0.05, 0) is 13.0 Å². The van der Waals surface area contributed by atoms with E-state index in [1.807, 2.05) is 18.5 Å². The molecule has 0 saturated heterocycles. The molecule has 0 spiro atoms. The predicted octanol–water partition coefficient (Wildman–Crippen LogP) is 1.51. The smallest absolute Gasteiger partial charge is 0.165 e. The fraction of sp³-hybridized carbons (Fsp3) is 0.333. The zero-order chi connectivity index (χ0) is 13.1. The topological polar surface area (TPSA) is 63.0 Å². The number of aryl methyl sites for hydroxylation is 1. The van der Waals surface area contributed by atoms with E-state index in [0.29, 0.717) is 12.1 Å². The van der Waals surface area contributed by atoms with Crippen molar-refractivity contribution in [2.75, 3.05) is 0 Å². The number of phenols is 1. The van der Waals surface area contributed by atoms with Gasteiger partial charge in [0.2, 0.25) is 0 Å². The number of aromatic nitrogens is 3. The molecule has 18 heavy (non-hydrogen) atoms. The standard InChI is InChI=1S/C12H15FN4O/c1-8(12-16-15-7-17(12)2)14-6-9-4-3-5-10(13)11(9)18/h3-5,7-8,14,18H,6H2,1-2H3. The van der Waals surface area contributed by atoms with Crippen LogP contribution >= 0.6 is 0 Å². The third-order valence-electron chi connectivity index (χ3n) is 2.80. The summed E-state index contributed by atoms with van der Waals surface area (Å²) in [7, 11) is 1.85. The lowest BCUT2D eigenvalue weighted by Gasteiger charge is -2.13. The van der Waals surface area contributed by atoms with Crippen molar-refractivity contribution in [2.24, 2.45) is 7.05 Å². The number of hydrogen-bond donors (Lipinski definition) is 2. The molecule has 1 atom stereocenters. The van der Waals surface area contributed by atoms with Gasteiger partial charge in [0.25, 0.3) is 0 Å². The highest BCUT2D eigenvalue weighted by atomic mass is 19.1. The molecule has 1 unspecified atom stereocenters. The van der Waals surface area contributed by atoms with Crippen molar-refractivity contribution in [2.45, 2.75) is 19.5 Å². The molecule has 2 N–H and O–H groups in total. The maximum absolute atomic E-state index is 13.1. The Hall–Kier alpha value is -1.95. The average molecular weight is 250 g/mol. The normalized spacial score (nSPS) is 12.6. The van der Waals surface area contributed by atoms with E-state index in [9.17, 15) is 9.50 Å². The lowest BCUT2D eigenvalue weighted by Crippen LogP contribution is -2.21. The van der Waals surface area contributed by atoms with Crippen LogP contribution in [0.2, 0.25) is 0 Å². The van der Waals surface area contributed by atoms with Gasteiger partial charge in [-0.3, -0.25) is 0 Å². The molecule has 0 bridgehead atoms. The molecule has 1 heterocycles. The first kappa shape index (κ1) is 12.5. The molecule has 6 heteroatoms. The summed E-state index contributed by atoms with van der Waals surface area (Å²) in [6.45, 7) is 2.29. The Bertz CT molecular complexity index is 541. The van der Waals surface area contributed by atoms with Crippen LogP contribution in [0.4, 0.5) is 4.39 Å². The molecule has 2 rings (SSSR count). The third kappa shape index (κ3) is 2.48. The van der Waals surface area contributed by atoms with Gasteiger partial charge in [0.05, 0.1) is 6.04 Å². The van der Waals surface area contributed by atoms with Crippen LogP contribution in [0.1, 0.15) is 24.4 Å². The van der Waals surface area contributed by atoms with Crippen molar-refractivity contribution < 1.29 is 9.50 Å². The first-order valence-electron chi connectivity index (χ1n) is 5.63. The van der Waals surface area contributed by atoms with Crippen LogP contribution in [-0.2, 0) is 13.6 Å². The SMILES string of the molecule is CC(NCc1cccc(F)c1O)c1nncn1C. The second-order valence-corrected chi connectivity index (χ2v) is 4.15. The van der Waals surface area contributed by atoms with Gasteiger partial charge in [0.1, 0.15) is 12.2 Å². The van der Waals surface area contributed by atoms with Crippen LogP contribution in [0.5, 0.6) is 5.75 Å². The van der Waals surface area contributed by atoms with E-state index in [1.165, 1.54) is 6.07 Å². The summed E-state index contributed by atoms with van der Waals surface area (Å²) in [6.07, 6.45) is 1.62. The van der Waals surface area contributed by atoms with Gasteiger partial charge in [0, 0.05) is 19.2 Å². The molecular formula is C12H15FN4O. The van der Waals surface area contributed by atoms with E-state index in [-0.39, 0.29) is 11.8 Å². The van der Waals surface area contributed by atoms with Gasteiger partial charge in [-0.1, -0.05) is 12.1 Å². The second-order valence-electron chi connectivity index (χ2n) is 4.15. The molecule has 0 fully saturated rings. The van der Waals surface area contributed by atoms with Crippen LogP contribution < -0.4 is 5.32 Å². The van der Waals surface area contributed by atoms with Crippen LogP contribution in [-0.4, -0.2) is 19.9 Å². The van der Waals surface area contributed by atoms with E-state index >= 15 is 0 Å². The van der Waals surface area contributed by atoms with Crippen molar-refractivity contribution in [3.05, 3.63) is 41.7 Å². The Morgan fingerprint density at radius 3 is 2.94 bits per heavy atom. The largest absolute Gasteiger partial charge is 0.505 e. The molecule has 0 amide bonds. The minimum absolute atomic E-state index is 0.0415. The van der Waals surface area contributed by atoms with Gasteiger partial charge in [-0.2, -0.15) is 0 Å². The van der Waals surface area contributed by atoms with Crippen molar-refractivity contribution >= 4 is 0 Å². The Morgan fingerprint density at radius 1 is 1.50 bits per heavy atom. The quantitative estimate of drug-likeness (QED) is 0.863. The number of hydrogen-bond acceptors (Lipinski definition) is 4. The van der Waals surface area contributed by atoms with E-state index < -0.39 is 5.82 Å². The van der Waals surface area contributed by atoms with Crippen molar-refractivity contribution in [1.82, 2.24) is 20.1 Å². The molecule has 1 aromatic carbocycles. The minimum atomic E-state index is -0.611. The highest BCUT2D eigenvalue weighted by Crippen LogP contribution is 2.21. The number of para-hydroxylation sites is 1. The highest BCUT2D eigenvalue weighted by molar-refractivity contribution is 5.33. The van der Waals surface area contributed by atoms with E-state index in [2.05, 4.69) is 15.5 Å². The monoisotopic (exact) mass is 250 g/mol. The molecule has 2 aromatic rings. The zero-order valence-corrected chi connectivity index (χ0v) is 10.3. The number of aromatic hydroxyl groups is 1. The van der Waals surface area contributed by atoms with E-state index in [0.717, 1.165) is 5.82 Å². The summed E-state index contributed by atoms with van der Waals surface area (Å²) >= 11 is 0. The number of phenolic OH excluding ortho intramolecular Hbond substituents is 1. The molecule has 0 radical (unpaired) electrons. The summed E-state index contributed by atoms with van der Waals surface area (Å²) < 4.78 is 14.9. The van der Waals surface area contributed by atoms with Crippen LogP contribution in [0, 0.1) is 5.82 Å². The van der Waals surface area contributed by atoms with Crippen molar-refractivity contribution in [1.29, 1.82) is 0 Å². The van der Waals surface area contributed by atoms with Crippen LogP contribution in [0.3, 0.4) is 0 Å². The molecule has 0 aliphatic heterocycles. The number of nitrogens with one attached hydrogen (secondary N) is 1. The Kier molecular flexibility index (Phi) is 3.57. The lowest BCUT2D eigenvalue weighted by atomic mass is 10.2. The van der Waals surface area contributed by atoms with E-state index in [1.54, 1.807) is 18.5 Å². The summed E-state index contributed by atoms with van der Waals surface area (Å²) in [4.78, 5) is 0. The highest BCUT2D eigenvalue weighted by Gasteiger charge is 2.12. The average Bonchev–Trinajstić information content (AvgIpc) is 2.77. The zero-order valence-electron chi connectivity index (χ0n) is 10.3. The molecule has 0 saturated carbocycles. The van der Waals surface area contributed by atoms with Gasteiger partial charge in [-0.15, -0.1) is 10.2 Å². The Balaban J connectivity index is 2.04.